The van der Waals surface area contributed by atoms with E-state index in [4.69, 9.17) is 14.2 Å². The van der Waals surface area contributed by atoms with Crippen LogP contribution in [0, 0.1) is 18.3 Å². The largest absolute Gasteiger partial charge is 0.497 e. The number of nitriles is 1. The normalized spacial score (nSPS) is 10.9. The molecule has 0 bridgehead atoms. The van der Waals surface area contributed by atoms with Gasteiger partial charge < -0.3 is 19.5 Å². The van der Waals surface area contributed by atoms with Crippen molar-refractivity contribution in [2.45, 2.75) is 20.1 Å². The van der Waals surface area contributed by atoms with Gasteiger partial charge in [-0.05, 0) is 69.9 Å². The number of carbonyl (C=O) groups is 1. The number of benzene rings is 3. The van der Waals surface area contributed by atoms with Gasteiger partial charge in [0.1, 0.15) is 24.0 Å². The first-order chi connectivity index (χ1) is 16.4. The first-order valence-corrected chi connectivity index (χ1v) is 11.3. The minimum atomic E-state index is -0.465. The smallest absolute Gasteiger partial charge is 0.262 e. The van der Waals surface area contributed by atoms with Crippen LogP contribution < -0.4 is 19.5 Å². The first-order valence-electron chi connectivity index (χ1n) is 10.5. The molecule has 0 unspecified atom stereocenters. The van der Waals surface area contributed by atoms with Crippen molar-refractivity contribution in [2.24, 2.45) is 0 Å². The number of amides is 1. The summed E-state index contributed by atoms with van der Waals surface area (Å²) in [6.45, 7) is 2.70. The molecule has 0 aliphatic rings. The van der Waals surface area contributed by atoms with Crippen molar-refractivity contribution in [1.82, 2.24) is 5.32 Å². The molecule has 34 heavy (non-hydrogen) atoms. The third-order valence-corrected chi connectivity index (χ3v) is 5.59. The summed E-state index contributed by atoms with van der Waals surface area (Å²) >= 11 is 3.52. The summed E-state index contributed by atoms with van der Waals surface area (Å²) in [6.07, 6.45) is 1.51. The van der Waals surface area contributed by atoms with E-state index in [1.807, 2.05) is 55.5 Å². The monoisotopic (exact) mass is 520 g/mol. The predicted molar refractivity (Wildman–Crippen MR) is 135 cm³/mol. The van der Waals surface area contributed by atoms with Crippen molar-refractivity contribution < 1.29 is 19.0 Å². The second-order valence-corrected chi connectivity index (χ2v) is 8.37. The van der Waals surface area contributed by atoms with Crippen molar-refractivity contribution >= 4 is 27.9 Å². The van der Waals surface area contributed by atoms with E-state index in [9.17, 15) is 10.1 Å². The van der Waals surface area contributed by atoms with Gasteiger partial charge in [0.2, 0.25) is 0 Å². The molecule has 7 heteroatoms. The van der Waals surface area contributed by atoms with E-state index in [0.717, 1.165) is 22.4 Å². The number of aryl methyl sites for hydroxylation is 1. The summed E-state index contributed by atoms with van der Waals surface area (Å²) < 4.78 is 17.3. The molecule has 6 nitrogen and oxygen atoms in total. The molecule has 174 valence electrons. The van der Waals surface area contributed by atoms with Gasteiger partial charge in [0.05, 0.1) is 18.7 Å². The summed E-state index contributed by atoms with van der Waals surface area (Å²) in [4.78, 5) is 12.6. The highest BCUT2D eigenvalue weighted by Crippen LogP contribution is 2.37. The van der Waals surface area contributed by atoms with E-state index < -0.39 is 5.91 Å². The Balaban J connectivity index is 1.73. The SMILES string of the molecule is COc1ccc(CNC(=O)/C(C#N)=C\c2cc(Br)c(OCc3cccc(C)c3)c(OC)c2)cc1. The van der Waals surface area contributed by atoms with Gasteiger partial charge in [0.15, 0.2) is 11.5 Å². The van der Waals surface area contributed by atoms with Crippen LogP contribution in [-0.4, -0.2) is 20.1 Å². The lowest BCUT2D eigenvalue weighted by Crippen LogP contribution is -2.23. The van der Waals surface area contributed by atoms with Gasteiger partial charge in [-0.3, -0.25) is 4.79 Å². The summed E-state index contributed by atoms with van der Waals surface area (Å²) in [6, 6.07) is 20.9. The molecule has 0 fully saturated rings. The zero-order valence-electron chi connectivity index (χ0n) is 19.2. The standard InChI is InChI=1S/C27H25BrN2O4/c1-18-5-4-6-20(11-18)17-34-26-24(28)13-21(14-25(26)33-3)12-22(15-29)27(31)30-16-19-7-9-23(32-2)10-8-19/h4-14H,16-17H2,1-3H3,(H,30,31)/b22-12-. The van der Waals surface area contributed by atoms with Gasteiger partial charge in [-0.25, -0.2) is 0 Å². The molecule has 0 aromatic heterocycles. The summed E-state index contributed by atoms with van der Waals surface area (Å²) in [7, 11) is 3.14. The quantitative estimate of drug-likeness (QED) is 0.294. The molecule has 0 aliphatic heterocycles. The van der Waals surface area contributed by atoms with Crippen LogP contribution in [0.5, 0.6) is 17.2 Å². The third kappa shape index (κ3) is 6.63. The van der Waals surface area contributed by atoms with Crippen LogP contribution in [0.25, 0.3) is 6.08 Å². The third-order valence-electron chi connectivity index (χ3n) is 5.01. The zero-order valence-corrected chi connectivity index (χ0v) is 20.8. The molecular formula is C27H25BrN2O4. The maximum atomic E-state index is 12.6. The van der Waals surface area contributed by atoms with Gasteiger partial charge in [0, 0.05) is 6.54 Å². The van der Waals surface area contributed by atoms with Crippen LogP contribution in [-0.2, 0) is 17.9 Å². The Morgan fingerprint density at radius 2 is 1.82 bits per heavy atom. The number of rotatable bonds is 9. The number of hydrogen-bond donors (Lipinski definition) is 1. The first kappa shape index (κ1) is 24.9. The minimum Gasteiger partial charge on any atom is -0.497 e. The van der Waals surface area contributed by atoms with E-state index in [-0.39, 0.29) is 5.57 Å². The van der Waals surface area contributed by atoms with E-state index >= 15 is 0 Å². The molecule has 3 aromatic carbocycles. The summed E-state index contributed by atoms with van der Waals surface area (Å²) in [5.41, 5.74) is 3.70. The Hall–Kier alpha value is -3.76. The Bertz CT molecular complexity index is 1230. The van der Waals surface area contributed by atoms with Crippen LogP contribution in [0.4, 0.5) is 0 Å². The van der Waals surface area contributed by atoms with Gasteiger partial charge in [-0.15, -0.1) is 0 Å². The topological polar surface area (TPSA) is 80.6 Å². The number of carbonyl (C=O) groups excluding carboxylic acids is 1. The van der Waals surface area contributed by atoms with Gasteiger partial charge in [-0.2, -0.15) is 5.26 Å². The Morgan fingerprint density at radius 1 is 1.06 bits per heavy atom. The van der Waals surface area contributed by atoms with Crippen molar-refractivity contribution in [3.05, 3.63) is 93.0 Å². The van der Waals surface area contributed by atoms with Crippen molar-refractivity contribution in [3.63, 3.8) is 0 Å². The van der Waals surface area contributed by atoms with Crippen molar-refractivity contribution in [3.8, 4) is 23.3 Å². The van der Waals surface area contributed by atoms with Crippen LogP contribution in [0.3, 0.4) is 0 Å². The maximum absolute atomic E-state index is 12.6. The highest BCUT2D eigenvalue weighted by molar-refractivity contribution is 9.10. The Labute approximate surface area is 207 Å². The molecule has 0 aliphatic carbocycles. The number of ether oxygens (including phenoxy) is 3. The molecule has 0 saturated heterocycles. The lowest BCUT2D eigenvalue weighted by atomic mass is 10.1. The van der Waals surface area contributed by atoms with Crippen molar-refractivity contribution in [1.29, 1.82) is 5.26 Å². The molecular weight excluding hydrogens is 496 g/mol. The fourth-order valence-electron chi connectivity index (χ4n) is 3.26. The zero-order chi connectivity index (χ0) is 24.5. The molecule has 1 amide bonds. The average Bonchev–Trinajstić information content (AvgIpc) is 2.85. The van der Waals surface area contributed by atoms with Gasteiger partial charge in [-0.1, -0.05) is 42.0 Å². The minimum absolute atomic E-state index is 0.0177. The van der Waals surface area contributed by atoms with Crippen molar-refractivity contribution in [2.75, 3.05) is 14.2 Å². The van der Waals surface area contributed by atoms with E-state index in [1.165, 1.54) is 6.08 Å². The number of hydrogen-bond acceptors (Lipinski definition) is 5. The summed E-state index contributed by atoms with van der Waals surface area (Å²) in [5, 5.41) is 12.3. The van der Waals surface area contributed by atoms with E-state index in [2.05, 4.69) is 27.3 Å². The molecule has 0 radical (unpaired) electrons. The summed E-state index contributed by atoms with van der Waals surface area (Å²) in [5.74, 6) is 1.31. The van der Waals surface area contributed by atoms with Crippen LogP contribution in [0.2, 0.25) is 0 Å². The van der Waals surface area contributed by atoms with E-state index in [1.54, 1.807) is 26.4 Å². The van der Waals surface area contributed by atoms with E-state index in [0.29, 0.717) is 34.7 Å². The fourth-order valence-corrected chi connectivity index (χ4v) is 3.83. The number of nitrogens with one attached hydrogen (secondary N) is 1. The van der Waals surface area contributed by atoms with Crippen LogP contribution in [0.1, 0.15) is 22.3 Å². The Kier molecular flexibility index (Phi) is 8.72. The second kappa shape index (κ2) is 11.9. The molecule has 0 saturated carbocycles. The van der Waals surface area contributed by atoms with Gasteiger partial charge in [0.25, 0.3) is 5.91 Å². The Morgan fingerprint density at radius 3 is 2.47 bits per heavy atom. The fraction of sp³-hybridized carbons (Fsp3) is 0.185. The number of halogens is 1. The molecule has 3 aromatic rings. The lowest BCUT2D eigenvalue weighted by Gasteiger charge is -2.14. The molecule has 0 spiro atoms. The molecule has 0 heterocycles. The highest BCUT2D eigenvalue weighted by Gasteiger charge is 2.14. The highest BCUT2D eigenvalue weighted by atomic mass is 79.9. The molecule has 0 atom stereocenters. The van der Waals surface area contributed by atoms with Gasteiger partial charge >= 0.3 is 0 Å². The second-order valence-electron chi connectivity index (χ2n) is 7.51. The predicted octanol–water partition coefficient (Wildman–Crippen LogP) is 5.58. The van der Waals surface area contributed by atoms with Crippen LogP contribution >= 0.6 is 15.9 Å². The number of methoxy groups -OCH3 is 2. The molecule has 1 N–H and O–H groups in total. The number of nitrogens with zero attached hydrogens (tertiary/aromatic N) is 1. The average molecular weight is 521 g/mol. The van der Waals surface area contributed by atoms with Crippen LogP contribution in [0.15, 0.2) is 70.7 Å². The lowest BCUT2D eigenvalue weighted by molar-refractivity contribution is -0.117. The molecule has 3 rings (SSSR count). The maximum Gasteiger partial charge on any atom is 0.262 e.